The third kappa shape index (κ3) is 3.99. The van der Waals surface area contributed by atoms with Crippen LogP contribution in [-0.4, -0.2) is 15.7 Å². The molecule has 0 unspecified atom stereocenters. The second kappa shape index (κ2) is 8.03. The zero-order chi connectivity index (χ0) is 20.4. The van der Waals surface area contributed by atoms with E-state index in [9.17, 15) is 9.59 Å². The van der Waals surface area contributed by atoms with E-state index in [4.69, 9.17) is 0 Å². The van der Waals surface area contributed by atoms with E-state index in [-0.39, 0.29) is 18.0 Å². The van der Waals surface area contributed by atoms with Gasteiger partial charge in [0.15, 0.2) is 0 Å². The number of nitrogens with zero attached hydrogens (tertiary/aromatic N) is 2. The van der Waals surface area contributed by atoms with Crippen molar-refractivity contribution in [3.05, 3.63) is 81.1 Å². The minimum atomic E-state index is -0.252. The molecule has 0 fully saturated rings. The predicted octanol–water partition coefficient (Wildman–Crippen LogP) is 4.04. The monoisotopic (exact) mass is 387 g/mol. The molecule has 5 heteroatoms. The van der Waals surface area contributed by atoms with Crippen LogP contribution in [-0.2, 0) is 24.2 Å². The molecule has 29 heavy (non-hydrogen) atoms. The van der Waals surface area contributed by atoms with Crippen LogP contribution >= 0.6 is 0 Å². The van der Waals surface area contributed by atoms with Crippen LogP contribution in [0.1, 0.15) is 35.1 Å². The van der Waals surface area contributed by atoms with Gasteiger partial charge < -0.3 is 5.32 Å². The van der Waals surface area contributed by atoms with Crippen LogP contribution in [0.3, 0.4) is 0 Å². The van der Waals surface area contributed by atoms with Crippen molar-refractivity contribution in [3.63, 3.8) is 0 Å². The van der Waals surface area contributed by atoms with Crippen LogP contribution in [0.2, 0.25) is 0 Å². The van der Waals surface area contributed by atoms with Crippen LogP contribution in [0.4, 0.5) is 5.69 Å². The number of fused-ring (bicyclic) bond motifs is 1. The van der Waals surface area contributed by atoms with E-state index in [0.717, 1.165) is 59.3 Å². The lowest BCUT2D eigenvalue weighted by Crippen LogP contribution is -2.34. The molecule has 1 heterocycles. The first kappa shape index (κ1) is 19.1. The summed E-state index contributed by atoms with van der Waals surface area (Å²) in [6.07, 6.45) is 3.66. The summed E-state index contributed by atoms with van der Waals surface area (Å²) in [4.78, 5) is 25.6. The number of carbonyl (C=O) groups excluding carboxylic acids is 1. The fourth-order valence-electron chi connectivity index (χ4n) is 3.88. The van der Waals surface area contributed by atoms with Crippen molar-refractivity contribution in [2.45, 2.75) is 46.1 Å². The van der Waals surface area contributed by atoms with Crippen molar-refractivity contribution in [1.29, 1.82) is 0 Å². The number of rotatable bonds is 4. The Morgan fingerprint density at radius 2 is 1.72 bits per heavy atom. The van der Waals surface area contributed by atoms with Gasteiger partial charge in [0.05, 0.1) is 5.69 Å². The first-order chi connectivity index (χ1) is 14.0. The number of benzene rings is 2. The van der Waals surface area contributed by atoms with E-state index >= 15 is 0 Å². The molecule has 1 amide bonds. The molecule has 3 aromatic rings. The molecule has 148 valence electrons. The van der Waals surface area contributed by atoms with Crippen molar-refractivity contribution in [2.24, 2.45) is 0 Å². The summed E-state index contributed by atoms with van der Waals surface area (Å²) in [6, 6.07) is 15.7. The number of hydrogen-bond acceptors (Lipinski definition) is 3. The summed E-state index contributed by atoms with van der Waals surface area (Å²) in [5.74, 6) is -0.252. The Morgan fingerprint density at radius 3 is 2.45 bits per heavy atom. The minimum Gasteiger partial charge on any atom is -0.324 e. The molecule has 0 spiro atoms. The number of aryl methyl sites for hydroxylation is 2. The maximum Gasteiger partial charge on any atom is 0.270 e. The first-order valence-electron chi connectivity index (χ1n) is 10.1. The normalized spacial score (nSPS) is 13.0. The van der Waals surface area contributed by atoms with Crippen molar-refractivity contribution >= 4 is 11.6 Å². The van der Waals surface area contributed by atoms with Crippen LogP contribution in [0.5, 0.6) is 0 Å². The third-order valence-corrected chi connectivity index (χ3v) is 5.60. The fraction of sp³-hybridized carbons (Fsp3) is 0.292. The van der Waals surface area contributed by atoms with Crippen LogP contribution in [0, 0.1) is 13.8 Å². The van der Waals surface area contributed by atoms with Gasteiger partial charge in [-0.1, -0.05) is 36.4 Å². The second-order valence-electron chi connectivity index (χ2n) is 7.69. The van der Waals surface area contributed by atoms with Crippen molar-refractivity contribution in [3.8, 4) is 11.3 Å². The van der Waals surface area contributed by atoms with Gasteiger partial charge in [-0.25, -0.2) is 4.68 Å². The summed E-state index contributed by atoms with van der Waals surface area (Å²) < 4.78 is 1.32. The van der Waals surface area contributed by atoms with Crippen molar-refractivity contribution in [1.82, 2.24) is 9.78 Å². The molecular weight excluding hydrogens is 362 g/mol. The summed E-state index contributed by atoms with van der Waals surface area (Å²) >= 11 is 0. The number of hydrogen-bond donors (Lipinski definition) is 1. The smallest absolute Gasteiger partial charge is 0.270 e. The fourth-order valence-corrected chi connectivity index (χ4v) is 3.88. The number of amides is 1. The van der Waals surface area contributed by atoms with Gasteiger partial charge in [-0.15, -0.1) is 0 Å². The Labute approximate surface area is 170 Å². The molecule has 0 aliphatic heterocycles. The molecule has 1 N–H and O–H groups in total. The van der Waals surface area contributed by atoms with Gasteiger partial charge in [-0.05, 0) is 68.4 Å². The molecule has 0 saturated carbocycles. The Kier molecular flexibility index (Phi) is 5.30. The van der Waals surface area contributed by atoms with Crippen LogP contribution in [0.15, 0.2) is 53.3 Å². The molecular formula is C24H25N3O2. The van der Waals surface area contributed by atoms with Gasteiger partial charge in [-0.3, -0.25) is 9.59 Å². The molecule has 1 aliphatic carbocycles. The number of anilines is 1. The summed E-state index contributed by atoms with van der Waals surface area (Å²) in [7, 11) is 0. The Bertz CT molecular complexity index is 1120. The summed E-state index contributed by atoms with van der Waals surface area (Å²) in [5.41, 5.74) is 6.51. The maximum absolute atomic E-state index is 13.0. The lowest BCUT2D eigenvalue weighted by Gasteiger charge is -2.20. The first-order valence-corrected chi connectivity index (χ1v) is 10.1. The SMILES string of the molecule is Cc1ccc(NC(=O)Cn2nc(-c3ccccc3)c3c(c2=O)CCCC3)cc1C. The Hall–Kier alpha value is -3.21. The van der Waals surface area contributed by atoms with E-state index in [1.807, 2.05) is 62.4 Å². The van der Waals surface area contributed by atoms with Gasteiger partial charge >= 0.3 is 0 Å². The van der Waals surface area contributed by atoms with Crippen molar-refractivity contribution < 1.29 is 4.79 Å². The second-order valence-corrected chi connectivity index (χ2v) is 7.69. The van der Waals surface area contributed by atoms with E-state index in [1.165, 1.54) is 10.2 Å². The predicted molar refractivity (Wildman–Crippen MR) is 115 cm³/mol. The summed E-state index contributed by atoms with van der Waals surface area (Å²) in [5, 5.41) is 7.50. The highest BCUT2D eigenvalue weighted by atomic mass is 16.2. The van der Waals surface area contributed by atoms with E-state index in [1.54, 1.807) is 0 Å². The molecule has 1 aromatic heterocycles. The molecule has 0 bridgehead atoms. The largest absolute Gasteiger partial charge is 0.324 e. The third-order valence-electron chi connectivity index (χ3n) is 5.60. The molecule has 0 radical (unpaired) electrons. The lowest BCUT2D eigenvalue weighted by atomic mass is 9.90. The molecule has 1 aliphatic rings. The Morgan fingerprint density at radius 1 is 1.00 bits per heavy atom. The average molecular weight is 387 g/mol. The molecule has 2 aromatic carbocycles. The molecule has 0 atom stereocenters. The molecule has 5 nitrogen and oxygen atoms in total. The highest BCUT2D eigenvalue weighted by molar-refractivity contribution is 5.90. The average Bonchev–Trinajstić information content (AvgIpc) is 2.73. The van der Waals surface area contributed by atoms with E-state index < -0.39 is 0 Å². The molecule has 0 saturated heterocycles. The number of aromatic nitrogens is 2. The quantitative estimate of drug-likeness (QED) is 0.735. The zero-order valence-corrected chi connectivity index (χ0v) is 16.9. The lowest BCUT2D eigenvalue weighted by molar-refractivity contribution is -0.117. The van der Waals surface area contributed by atoms with Gasteiger partial charge in [0.2, 0.25) is 5.91 Å². The summed E-state index contributed by atoms with van der Waals surface area (Å²) in [6.45, 7) is 3.94. The van der Waals surface area contributed by atoms with Gasteiger partial charge in [-0.2, -0.15) is 5.10 Å². The highest BCUT2D eigenvalue weighted by Crippen LogP contribution is 2.27. The maximum atomic E-state index is 13.0. The zero-order valence-electron chi connectivity index (χ0n) is 16.9. The standard InChI is InChI=1S/C24H25N3O2/c1-16-12-13-19(14-17(16)2)25-22(28)15-27-24(29)21-11-7-6-10-20(21)23(26-27)18-8-4-3-5-9-18/h3-5,8-9,12-14H,6-7,10-11,15H2,1-2H3,(H,25,28). The number of carbonyl (C=O) groups is 1. The minimum absolute atomic E-state index is 0.0983. The van der Waals surface area contributed by atoms with Crippen LogP contribution < -0.4 is 10.9 Å². The molecule has 4 rings (SSSR count). The van der Waals surface area contributed by atoms with Crippen molar-refractivity contribution in [2.75, 3.05) is 5.32 Å². The van der Waals surface area contributed by atoms with Gasteiger partial charge in [0.25, 0.3) is 5.56 Å². The highest BCUT2D eigenvalue weighted by Gasteiger charge is 2.22. The van der Waals surface area contributed by atoms with E-state index in [2.05, 4.69) is 10.4 Å². The Balaban J connectivity index is 1.67. The van der Waals surface area contributed by atoms with Gasteiger partial charge in [0.1, 0.15) is 6.54 Å². The van der Waals surface area contributed by atoms with Gasteiger partial charge in [0, 0.05) is 16.8 Å². The van der Waals surface area contributed by atoms with E-state index in [0.29, 0.717) is 0 Å². The topological polar surface area (TPSA) is 64.0 Å². The number of nitrogens with one attached hydrogen (secondary N) is 1. The van der Waals surface area contributed by atoms with Crippen LogP contribution in [0.25, 0.3) is 11.3 Å².